The predicted octanol–water partition coefficient (Wildman–Crippen LogP) is 3.18. The quantitative estimate of drug-likeness (QED) is 0.785. The first-order valence-corrected chi connectivity index (χ1v) is 8.43. The summed E-state index contributed by atoms with van der Waals surface area (Å²) in [7, 11) is 0. The van der Waals surface area contributed by atoms with Gasteiger partial charge in [-0.05, 0) is 31.4 Å². The lowest BCUT2D eigenvalue weighted by atomic mass is 9.92. The molecule has 0 spiro atoms. The van der Waals surface area contributed by atoms with E-state index in [9.17, 15) is 18.4 Å². The minimum absolute atomic E-state index is 0.0809. The van der Waals surface area contributed by atoms with E-state index in [0.717, 1.165) is 11.3 Å². The number of hydrogen-bond acceptors (Lipinski definition) is 3. The molecule has 0 aromatic carbocycles. The Bertz CT molecular complexity index is 610. The highest BCUT2D eigenvalue weighted by molar-refractivity contribution is 7.14. The van der Waals surface area contributed by atoms with E-state index in [4.69, 9.17) is 5.11 Å². The van der Waals surface area contributed by atoms with E-state index >= 15 is 0 Å². The molecule has 0 radical (unpaired) electrons. The van der Waals surface area contributed by atoms with Crippen molar-refractivity contribution >= 4 is 23.3 Å². The van der Waals surface area contributed by atoms with Crippen molar-refractivity contribution in [2.75, 3.05) is 0 Å². The molecule has 3 rings (SSSR count). The summed E-state index contributed by atoms with van der Waals surface area (Å²) < 4.78 is 26.2. The zero-order valence-electron chi connectivity index (χ0n) is 12.4. The minimum atomic E-state index is -2.60. The number of amides is 2. The molecule has 2 fully saturated rings. The monoisotopic (exact) mass is 344 g/mol. The molecule has 2 aliphatic carbocycles. The molecule has 1 aromatic rings. The molecule has 3 N–H and O–H groups in total. The molecule has 0 aliphatic heterocycles. The first kappa shape index (κ1) is 16.2. The van der Waals surface area contributed by atoms with Gasteiger partial charge in [0.05, 0.1) is 4.88 Å². The van der Waals surface area contributed by atoms with Crippen molar-refractivity contribution in [1.29, 1.82) is 0 Å². The van der Waals surface area contributed by atoms with Crippen LogP contribution in [0.15, 0.2) is 12.1 Å². The van der Waals surface area contributed by atoms with E-state index in [1.807, 2.05) is 6.07 Å². The first-order valence-electron chi connectivity index (χ1n) is 7.62. The number of carbonyl (C=O) groups excluding carboxylic acids is 1. The zero-order chi connectivity index (χ0) is 16.6. The van der Waals surface area contributed by atoms with Gasteiger partial charge in [-0.1, -0.05) is 0 Å². The number of thiophene rings is 1. The average Bonchev–Trinajstić information content (AvgIpc) is 3.04. The van der Waals surface area contributed by atoms with Gasteiger partial charge in [0.2, 0.25) is 5.92 Å². The highest BCUT2D eigenvalue weighted by Crippen LogP contribution is 2.43. The predicted molar refractivity (Wildman–Crippen MR) is 81.3 cm³/mol. The Balaban J connectivity index is 1.52. The van der Waals surface area contributed by atoms with Crippen molar-refractivity contribution in [2.24, 2.45) is 0 Å². The van der Waals surface area contributed by atoms with E-state index in [-0.39, 0.29) is 36.8 Å². The van der Waals surface area contributed by atoms with E-state index in [2.05, 4.69) is 10.6 Å². The summed E-state index contributed by atoms with van der Waals surface area (Å²) in [5, 5.41) is 13.9. The van der Waals surface area contributed by atoms with Gasteiger partial charge in [-0.3, -0.25) is 4.79 Å². The molecule has 2 unspecified atom stereocenters. The van der Waals surface area contributed by atoms with Crippen LogP contribution in [0.5, 0.6) is 0 Å². The van der Waals surface area contributed by atoms with Crippen molar-refractivity contribution in [1.82, 2.24) is 10.6 Å². The fourth-order valence-electron chi connectivity index (χ4n) is 2.94. The van der Waals surface area contributed by atoms with Crippen LogP contribution in [0.2, 0.25) is 0 Å². The van der Waals surface area contributed by atoms with Gasteiger partial charge in [0, 0.05) is 35.7 Å². The van der Waals surface area contributed by atoms with Crippen molar-refractivity contribution in [3.05, 3.63) is 21.9 Å². The van der Waals surface area contributed by atoms with Crippen molar-refractivity contribution in [3.8, 4) is 0 Å². The van der Waals surface area contributed by atoms with E-state index in [0.29, 0.717) is 17.7 Å². The lowest BCUT2D eigenvalue weighted by molar-refractivity contribution is -0.0399. The summed E-state index contributed by atoms with van der Waals surface area (Å²) >= 11 is 1.34. The summed E-state index contributed by atoms with van der Waals surface area (Å²) in [6.07, 6.45) is -0.0719. The minimum Gasteiger partial charge on any atom is -0.465 e. The maximum Gasteiger partial charge on any atom is 0.404 e. The molecule has 126 valence electrons. The Morgan fingerprint density at radius 2 is 1.91 bits per heavy atom. The van der Waals surface area contributed by atoms with Crippen molar-refractivity contribution < 1.29 is 23.5 Å². The van der Waals surface area contributed by atoms with Crippen LogP contribution in [0.1, 0.15) is 52.6 Å². The number of carbonyl (C=O) groups is 2. The second kappa shape index (κ2) is 6.07. The Hall–Kier alpha value is -1.70. The standard InChI is InChI=1S/C15H18F2N2O3S/c16-15(17)5-3-8(4-6-15)18-13(20)12-2-1-11(23-12)9-7-10(9)19-14(21)22/h1-2,8-10,19H,3-7H2,(H,18,20)(H,21,22). The third kappa shape index (κ3) is 3.99. The van der Waals surface area contributed by atoms with Gasteiger partial charge < -0.3 is 15.7 Å². The third-order valence-electron chi connectivity index (χ3n) is 4.37. The Labute approximate surface area is 136 Å². The normalized spacial score (nSPS) is 26.5. The molecule has 23 heavy (non-hydrogen) atoms. The van der Waals surface area contributed by atoms with Crippen LogP contribution < -0.4 is 10.6 Å². The first-order chi connectivity index (χ1) is 10.8. The fourth-order valence-corrected chi connectivity index (χ4v) is 4.03. The van der Waals surface area contributed by atoms with Crippen LogP contribution in [-0.4, -0.2) is 35.1 Å². The molecule has 1 heterocycles. The molecule has 5 nitrogen and oxygen atoms in total. The maximum absolute atomic E-state index is 13.1. The number of halogens is 2. The van der Waals surface area contributed by atoms with Gasteiger partial charge in [-0.2, -0.15) is 0 Å². The van der Waals surface area contributed by atoms with Crippen molar-refractivity contribution in [2.45, 2.75) is 56.0 Å². The molecule has 8 heteroatoms. The molecular weight excluding hydrogens is 326 g/mol. The maximum atomic E-state index is 13.1. The van der Waals surface area contributed by atoms with Crippen LogP contribution >= 0.6 is 11.3 Å². The molecular formula is C15H18F2N2O3S. The molecule has 0 bridgehead atoms. The Morgan fingerprint density at radius 1 is 1.22 bits per heavy atom. The fraction of sp³-hybridized carbons (Fsp3) is 0.600. The lowest BCUT2D eigenvalue weighted by Gasteiger charge is -2.28. The molecule has 0 saturated heterocycles. The van der Waals surface area contributed by atoms with Gasteiger partial charge >= 0.3 is 6.09 Å². The summed E-state index contributed by atoms with van der Waals surface area (Å²) in [5.74, 6) is -2.71. The van der Waals surface area contributed by atoms with Crippen LogP contribution in [-0.2, 0) is 0 Å². The topological polar surface area (TPSA) is 78.4 Å². The van der Waals surface area contributed by atoms with Gasteiger partial charge in [0.25, 0.3) is 5.91 Å². The van der Waals surface area contributed by atoms with Gasteiger partial charge in [0.15, 0.2) is 0 Å². The van der Waals surface area contributed by atoms with Gasteiger partial charge in [-0.25, -0.2) is 13.6 Å². The Kier molecular flexibility index (Phi) is 4.27. The largest absolute Gasteiger partial charge is 0.465 e. The van der Waals surface area contributed by atoms with Crippen molar-refractivity contribution in [3.63, 3.8) is 0 Å². The zero-order valence-corrected chi connectivity index (χ0v) is 13.2. The summed E-state index contributed by atoms with van der Waals surface area (Å²) in [5.41, 5.74) is 0. The summed E-state index contributed by atoms with van der Waals surface area (Å²) in [6.45, 7) is 0. The number of carboxylic acid groups (broad SMARTS) is 1. The number of hydrogen-bond donors (Lipinski definition) is 3. The molecule has 2 atom stereocenters. The van der Waals surface area contributed by atoms with Gasteiger partial charge in [0.1, 0.15) is 0 Å². The Morgan fingerprint density at radius 3 is 2.57 bits per heavy atom. The molecule has 2 amide bonds. The van der Waals surface area contributed by atoms with Crippen LogP contribution in [0.4, 0.5) is 13.6 Å². The second-order valence-electron chi connectivity index (χ2n) is 6.20. The number of nitrogens with one attached hydrogen (secondary N) is 2. The highest BCUT2D eigenvalue weighted by Gasteiger charge is 2.41. The lowest BCUT2D eigenvalue weighted by Crippen LogP contribution is -2.40. The number of alkyl halides is 2. The third-order valence-corrected chi connectivity index (χ3v) is 5.58. The average molecular weight is 344 g/mol. The van der Waals surface area contributed by atoms with Gasteiger partial charge in [-0.15, -0.1) is 11.3 Å². The molecule has 2 saturated carbocycles. The molecule has 2 aliphatic rings. The SMILES string of the molecule is O=C(O)NC1CC1c1ccc(C(=O)NC2CCC(F)(F)CC2)s1. The smallest absolute Gasteiger partial charge is 0.404 e. The van der Waals surface area contributed by atoms with Crippen LogP contribution in [0.3, 0.4) is 0 Å². The second-order valence-corrected chi connectivity index (χ2v) is 7.32. The number of rotatable bonds is 4. The van der Waals surface area contributed by atoms with Crippen LogP contribution in [0, 0.1) is 0 Å². The van der Waals surface area contributed by atoms with E-state index in [1.165, 1.54) is 11.3 Å². The highest BCUT2D eigenvalue weighted by atomic mass is 32.1. The summed E-state index contributed by atoms with van der Waals surface area (Å²) in [6, 6.07) is 3.27. The van der Waals surface area contributed by atoms with E-state index in [1.54, 1.807) is 6.07 Å². The van der Waals surface area contributed by atoms with E-state index < -0.39 is 12.0 Å². The molecule has 1 aromatic heterocycles. The summed E-state index contributed by atoms with van der Waals surface area (Å²) in [4.78, 5) is 24.3. The van der Waals surface area contributed by atoms with Crippen LogP contribution in [0.25, 0.3) is 0 Å².